The number of benzene rings is 1. The van der Waals surface area contributed by atoms with Gasteiger partial charge in [-0.2, -0.15) is 0 Å². The lowest BCUT2D eigenvalue weighted by molar-refractivity contribution is 0.143. The normalized spacial score (nSPS) is 23.6. The fraction of sp³-hybridized carbons (Fsp3) is 0.308. The molecule has 1 aliphatic heterocycles. The number of aliphatic hydroxyl groups is 1. The van der Waals surface area contributed by atoms with E-state index in [0.29, 0.717) is 6.54 Å². The lowest BCUT2D eigenvalue weighted by atomic mass is 10.1. The molecule has 1 aliphatic rings. The van der Waals surface area contributed by atoms with Gasteiger partial charge in [0.25, 0.3) is 0 Å². The molecular formula is C13H15NO3. The van der Waals surface area contributed by atoms with Crippen LogP contribution in [0.2, 0.25) is 0 Å². The van der Waals surface area contributed by atoms with Gasteiger partial charge in [0.1, 0.15) is 6.10 Å². The van der Waals surface area contributed by atoms with Gasteiger partial charge in [-0.1, -0.05) is 36.9 Å². The van der Waals surface area contributed by atoms with Crippen molar-refractivity contribution in [3.05, 3.63) is 48.6 Å². The van der Waals surface area contributed by atoms with Gasteiger partial charge in [-0.25, -0.2) is 4.79 Å². The molecule has 1 aromatic rings. The van der Waals surface area contributed by atoms with Crippen LogP contribution in [-0.4, -0.2) is 34.9 Å². The highest BCUT2D eigenvalue weighted by atomic mass is 16.6. The molecule has 1 fully saturated rings. The van der Waals surface area contributed by atoms with E-state index in [1.54, 1.807) is 6.08 Å². The lowest BCUT2D eigenvalue weighted by Gasteiger charge is -2.21. The Morgan fingerprint density at radius 1 is 1.41 bits per heavy atom. The summed E-state index contributed by atoms with van der Waals surface area (Å²) < 4.78 is 5.11. The van der Waals surface area contributed by atoms with Crippen molar-refractivity contribution in [3.8, 4) is 0 Å². The topological polar surface area (TPSA) is 49.8 Å². The van der Waals surface area contributed by atoms with Crippen LogP contribution in [0.5, 0.6) is 0 Å². The van der Waals surface area contributed by atoms with Gasteiger partial charge in [0.15, 0.2) is 0 Å². The number of carbonyl (C=O) groups is 1. The van der Waals surface area contributed by atoms with Gasteiger partial charge in [0.05, 0.1) is 12.6 Å². The molecular weight excluding hydrogens is 218 g/mol. The van der Waals surface area contributed by atoms with E-state index in [0.717, 1.165) is 5.56 Å². The maximum atomic E-state index is 11.7. The number of ether oxygens (including phenoxy) is 1. The summed E-state index contributed by atoms with van der Waals surface area (Å²) in [6.45, 7) is 3.91. The van der Waals surface area contributed by atoms with Crippen LogP contribution in [0.25, 0.3) is 0 Å². The van der Waals surface area contributed by atoms with Crippen LogP contribution in [-0.2, 0) is 11.3 Å². The zero-order valence-electron chi connectivity index (χ0n) is 9.45. The van der Waals surface area contributed by atoms with Crippen molar-refractivity contribution in [1.29, 1.82) is 0 Å². The molecule has 0 aliphatic carbocycles. The third kappa shape index (κ3) is 2.31. The Labute approximate surface area is 100 Å². The van der Waals surface area contributed by atoms with Crippen LogP contribution < -0.4 is 0 Å². The first-order valence-electron chi connectivity index (χ1n) is 5.51. The predicted octanol–water partition coefficient (Wildman–Crippen LogP) is 1.55. The SMILES string of the molecule is C=C[C@H]1OC(=O)N(Cc2ccccc2)[C@@H]1CO. The summed E-state index contributed by atoms with van der Waals surface area (Å²) in [6.07, 6.45) is 0.707. The quantitative estimate of drug-likeness (QED) is 0.803. The van der Waals surface area contributed by atoms with Crippen LogP contribution >= 0.6 is 0 Å². The van der Waals surface area contributed by atoms with Crippen molar-refractivity contribution in [2.45, 2.75) is 18.7 Å². The highest BCUT2D eigenvalue weighted by Gasteiger charge is 2.39. The number of hydrogen-bond donors (Lipinski definition) is 1. The Morgan fingerprint density at radius 2 is 2.12 bits per heavy atom. The molecule has 0 aromatic heterocycles. The highest BCUT2D eigenvalue weighted by molar-refractivity contribution is 5.71. The van der Waals surface area contributed by atoms with Gasteiger partial charge in [-0.15, -0.1) is 0 Å². The standard InChI is InChI=1S/C13H15NO3/c1-2-12-11(9-15)14(13(16)17-12)8-10-6-4-3-5-7-10/h2-7,11-12,15H,1,8-9H2/t11-,12-/m1/s1. The van der Waals surface area contributed by atoms with Crippen LogP contribution in [0.15, 0.2) is 43.0 Å². The summed E-state index contributed by atoms with van der Waals surface area (Å²) >= 11 is 0. The Bertz CT molecular complexity index is 404. The van der Waals surface area contributed by atoms with Gasteiger partial charge in [0, 0.05) is 6.54 Å². The molecule has 0 radical (unpaired) electrons. The van der Waals surface area contributed by atoms with E-state index in [4.69, 9.17) is 4.74 Å². The van der Waals surface area contributed by atoms with E-state index in [1.807, 2.05) is 30.3 Å². The van der Waals surface area contributed by atoms with Crippen LogP contribution in [0.3, 0.4) is 0 Å². The number of carbonyl (C=O) groups excluding carboxylic acids is 1. The molecule has 0 saturated carbocycles. The van der Waals surface area contributed by atoms with E-state index in [1.165, 1.54) is 4.90 Å². The Balaban J connectivity index is 2.14. The maximum absolute atomic E-state index is 11.7. The maximum Gasteiger partial charge on any atom is 0.411 e. The van der Waals surface area contributed by atoms with E-state index >= 15 is 0 Å². The van der Waals surface area contributed by atoms with Crippen LogP contribution in [0.4, 0.5) is 4.79 Å². The molecule has 1 amide bonds. The summed E-state index contributed by atoms with van der Waals surface area (Å²) in [5.74, 6) is 0. The fourth-order valence-corrected chi connectivity index (χ4v) is 1.94. The minimum Gasteiger partial charge on any atom is -0.440 e. The van der Waals surface area contributed by atoms with Gasteiger partial charge < -0.3 is 9.84 Å². The van der Waals surface area contributed by atoms with Crippen molar-refractivity contribution in [3.63, 3.8) is 0 Å². The number of cyclic esters (lactones) is 1. The summed E-state index contributed by atoms with van der Waals surface area (Å²) in [4.78, 5) is 13.2. The number of nitrogens with zero attached hydrogens (tertiary/aromatic N) is 1. The van der Waals surface area contributed by atoms with Gasteiger partial charge in [-0.05, 0) is 11.6 Å². The summed E-state index contributed by atoms with van der Waals surface area (Å²) in [5, 5.41) is 9.31. The largest absolute Gasteiger partial charge is 0.440 e. The average molecular weight is 233 g/mol. The van der Waals surface area contributed by atoms with Crippen molar-refractivity contribution in [2.24, 2.45) is 0 Å². The summed E-state index contributed by atoms with van der Waals surface area (Å²) in [5.41, 5.74) is 1.01. The summed E-state index contributed by atoms with van der Waals surface area (Å²) in [6, 6.07) is 9.26. The second-order valence-corrected chi connectivity index (χ2v) is 3.95. The summed E-state index contributed by atoms with van der Waals surface area (Å²) in [7, 11) is 0. The third-order valence-electron chi connectivity index (χ3n) is 2.87. The first-order chi connectivity index (χ1) is 8.26. The van der Waals surface area contributed by atoms with Gasteiger partial charge >= 0.3 is 6.09 Å². The molecule has 1 heterocycles. The third-order valence-corrected chi connectivity index (χ3v) is 2.87. The van der Waals surface area contributed by atoms with Crippen molar-refractivity contribution in [2.75, 3.05) is 6.61 Å². The Hall–Kier alpha value is -1.81. The zero-order valence-corrected chi connectivity index (χ0v) is 9.45. The first-order valence-corrected chi connectivity index (χ1v) is 5.51. The van der Waals surface area contributed by atoms with Crippen LogP contribution in [0, 0.1) is 0 Å². The second kappa shape index (κ2) is 5.01. The highest BCUT2D eigenvalue weighted by Crippen LogP contribution is 2.22. The van der Waals surface area contributed by atoms with Crippen LogP contribution in [0.1, 0.15) is 5.56 Å². The Morgan fingerprint density at radius 3 is 2.71 bits per heavy atom. The lowest BCUT2D eigenvalue weighted by Crippen LogP contribution is -2.38. The minimum absolute atomic E-state index is 0.130. The van der Waals surface area contributed by atoms with E-state index in [9.17, 15) is 9.90 Å². The van der Waals surface area contributed by atoms with E-state index < -0.39 is 12.2 Å². The monoisotopic (exact) mass is 233 g/mol. The van der Waals surface area contributed by atoms with E-state index in [-0.39, 0.29) is 12.6 Å². The molecule has 0 unspecified atom stereocenters. The van der Waals surface area contributed by atoms with Crippen molar-refractivity contribution in [1.82, 2.24) is 4.90 Å². The zero-order chi connectivity index (χ0) is 12.3. The Kier molecular flexibility index (Phi) is 3.44. The number of amides is 1. The van der Waals surface area contributed by atoms with Gasteiger partial charge in [0.2, 0.25) is 0 Å². The smallest absolute Gasteiger partial charge is 0.411 e. The molecule has 2 atom stereocenters. The second-order valence-electron chi connectivity index (χ2n) is 3.95. The first kappa shape index (κ1) is 11.7. The number of hydrogen-bond acceptors (Lipinski definition) is 3. The molecule has 1 N–H and O–H groups in total. The molecule has 90 valence electrons. The minimum atomic E-state index is -0.434. The number of rotatable bonds is 4. The van der Waals surface area contributed by atoms with Crippen molar-refractivity contribution < 1.29 is 14.6 Å². The van der Waals surface area contributed by atoms with Gasteiger partial charge in [-0.3, -0.25) is 4.90 Å². The average Bonchev–Trinajstić information content (AvgIpc) is 2.67. The number of aliphatic hydroxyl groups excluding tert-OH is 1. The molecule has 0 bridgehead atoms. The fourth-order valence-electron chi connectivity index (χ4n) is 1.94. The molecule has 1 saturated heterocycles. The molecule has 17 heavy (non-hydrogen) atoms. The molecule has 0 spiro atoms. The van der Waals surface area contributed by atoms with E-state index in [2.05, 4.69) is 6.58 Å². The predicted molar refractivity (Wildman–Crippen MR) is 63.3 cm³/mol. The van der Waals surface area contributed by atoms with Crippen molar-refractivity contribution >= 4 is 6.09 Å². The molecule has 4 heteroatoms. The molecule has 2 rings (SSSR count). The molecule has 1 aromatic carbocycles. The molecule has 4 nitrogen and oxygen atoms in total.